The van der Waals surface area contributed by atoms with Gasteiger partial charge in [-0.1, -0.05) is 6.07 Å². The third kappa shape index (κ3) is 3.00. The van der Waals surface area contributed by atoms with Gasteiger partial charge in [0.05, 0.1) is 5.41 Å². The van der Waals surface area contributed by atoms with Gasteiger partial charge in [-0.15, -0.1) is 0 Å². The molecule has 0 spiro atoms. The highest BCUT2D eigenvalue weighted by atomic mass is 19.3. The molecule has 1 N–H and O–H groups in total. The van der Waals surface area contributed by atoms with Crippen LogP contribution >= 0.6 is 0 Å². The van der Waals surface area contributed by atoms with E-state index in [0.717, 1.165) is 11.1 Å². The summed E-state index contributed by atoms with van der Waals surface area (Å²) in [6.45, 7) is 9.58. The molecule has 0 heterocycles. The fourth-order valence-corrected chi connectivity index (χ4v) is 2.48. The molecule has 0 atom stereocenters. The second kappa shape index (κ2) is 5.15. The first kappa shape index (κ1) is 16.6. The van der Waals surface area contributed by atoms with E-state index in [1.165, 1.54) is 13.8 Å². The molecule has 1 aromatic rings. The highest BCUT2D eigenvalue weighted by molar-refractivity contribution is 5.73. The fourth-order valence-electron chi connectivity index (χ4n) is 2.48. The van der Waals surface area contributed by atoms with E-state index in [0.29, 0.717) is 11.1 Å². The smallest absolute Gasteiger partial charge is 0.309 e. The summed E-state index contributed by atoms with van der Waals surface area (Å²) in [5.74, 6) is -4.37. The van der Waals surface area contributed by atoms with E-state index >= 15 is 0 Å². The van der Waals surface area contributed by atoms with Gasteiger partial charge in [0, 0.05) is 12.0 Å². The fraction of sp³-hybridized carbons (Fsp3) is 0.562. The number of hydrogen-bond acceptors (Lipinski definition) is 1. The lowest BCUT2D eigenvalue weighted by atomic mass is 9.81. The largest absolute Gasteiger partial charge is 0.481 e. The van der Waals surface area contributed by atoms with Crippen molar-refractivity contribution in [1.82, 2.24) is 0 Å². The molecule has 0 fully saturated rings. The van der Waals surface area contributed by atoms with Gasteiger partial charge in [-0.2, -0.15) is 0 Å². The number of aryl methyl sites for hydroxylation is 2. The van der Waals surface area contributed by atoms with Gasteiger partial charge in [-0.3, -0.25) is 4.79 Å². The maximum Gasteiger partial charge on any atom is 0.309 e. The van der Waals surface area contributed by atoms with Crippen molar-refractivity contribution in [3.8, 4) is 0 Å². The lowest BCUT2D eigenvalue weighted by Crippen LogP contribution is -2.32. The third-order valence-electron chi connectivity index (χ3n) is 3.97. The maximum absolute atomic E-state index is 14.6. The van der Waals surface area contributed by atoms with Crippen LogP contribution in [0.25, 0.3) is 0 Å². The van der Waals surface area contributed by atoms with Gasteiger partial charge < -0.3 is 5.11 Å². The molecule has 0 aliphatic rings. The zero-order valence-corrected chi connectivity index (χ0v) is 12.9. The molecule has 2 nitrogen and oxygen atoms in total. The molecule has 112 valence electrons. The Morgan fingerprint density at radius 2 is 1.50 bits per heavy atom. The number of carboxylic acids is 1. The highest BCUT2D eigenvalue weighted by Gasteiger charge is 2.44. The van der Waals surface area contributed by atoms with Crippen molar-refractivity contribution in [2.75, 3.05) is 0 Å². The minimum atomic E-state index is -3.16. The summed E-state index contributed by atoms with van der Waals surface area (Å²) in [6, 6.07) is 1.88. The molecular weight excluding hydrogens is 262 g/mol. The third-order valence-corrected chi connectivity index (χ3v) is 3.97. The van der Waals surface area contributed by atoms with Gasteiger partial charge in [-0.05, 0) is 63.8 Å². The number of aliphatic carboxylic acids is 1. The quantitative estimate of drug-likeness (QED) is 0.883. The molecule has 0 aliphatic carbocycles. The second-order valence-corrected chi connectivity index (χ2v) is 6.21. The summed E-state index contributed by atoms with van der Waals surface area (Å²) in [6.07, 6.45) is -0.708. The minimum absolute atomic E-state index is 0.0238. The molecule has 0 unspecified atom stereocenters. The van der Waals surface area contributed by atoms with E-state index in [1.54, 1.807) is 27.7 Å². The van der Waals surface area contributed by atoms with Crippen LogP contribution in [-0.2, 0) is 10.7 Å². The molecule has 1 rings (SSSR count). The van der Waals surface area contributed by atoms with Crippen LogP contribution < -0.4 is 0 Å². The average Bonchev–Trinajstić information content (AvgIpc) is 2.24. The van der Waals surface area contributed by atoms with Crippen LogP contribution in [0.5, 0.6) is 0 Å². The van der Waals surface area contributed by atoms with Crippen LogP contribution in [0.2, 0.25) is 0 Å². The molecule has 0 amide bonds. The predicted molar refractivity (Wildman–Crippen MR) is 75.3 cm³/mol. The number of alkyl halides is 2. The first-order valence-electron chi connectivity index (χ1n) is 6.59. The van der Waals surface area contributed by atoms with Gasteiger partial charge >= 0.3 is 5.97 Å². The van der Waals surface area contributed by atoms with E-state index in [4.69, 9.17) is 5.11 Å². The van der Waals surface area contributed by atoms with E-state index in [9.17, 15) is 13.6 Å². The Morgan fingerprint density at radius 3 is 1.85 bits per heavy atom. The van der Waals surface area contributed by atoms with Crippen molar-refractivity contribution < 1.29 is 18.7 Å². The Bertz CT molecular complexity index is 520. The minimum Gasteiger partial charge on any atom is -0.481 e. The summed E-state index contributed by atoms with van der Waals surface area (Å²) >= 11 is 0. The van der Waals surface area contributed by atoms with Crippen molar-refractivity contribution in [3.05, 3.63) is 33.9 Å². The summed E-state index contributed by atoms with van der Waals surface area (Å²) in [4.78, 5) is 11.1. The van der Waals surface area contributed by atoms with Gasteiger partial charge in [0.2, 0.25) is 0 Å². The first-order valence-corrected chi connectivity index (χ1v) is 6.59. The van der Waals surface area contributed by atoms with Gasteiger partial charge in [0.25, 0.3) is 5.92 Å². The normalized spacial score (nSPS) is 12.6. The molecule has 0 saturated heterocycles. The number of carbonyl (C=O) groups is 1. The molecular formula is C16H22F2O2. The average molecular weight is 284 g/mol. The monoisotopic (exact) mass is 284 g/mol. The molecule has 4 heteroatoms. The second-order valence-electron chi connectivity index (χ2n) is 6.21. The first-order chi connectivity index (χ1) is 8.90. The van der Waals surface area contributed by atoms with Gasteiger partial charge in [-0.25, -0.2) is 8.78 Å². The van der Waals surface area contributed by atoms with Crippen LogP contribution in [-0.4, -0.2) is 11.1 Å². The lowest BCUT2D eigenvalue weighted by molar-refractivity contribution is -0.153. The lowest BCUT2D eigenvalue weighted by Gasteiger charge is -2.29. The van der Waals surface area contributed by atoms with E-state index in [-0.39, 0.29) is 5.56 Å². The summed E-state index contributed by atoms with van der Waals surface area (Å²) in [7, 11) is 0. The molecule has 0 saturated carbocycles. The molecule has 1 aromatic carbocycles. The highest BCUT2D eigenvalue weighted by Crippen LogP contribution is 2.43. The topological polar surface area (TPSA) is 37.3 Å². The van der Waals surface area contributed by atoms with Crippen molar-refractivity contribution >= 4 is 5.97 Å². The Labute approximate surface area is 118 Å². The zero-order valence-electron chi connectivity index (χ0n) is 12.9. The number of benzene rings is 1. The molecule has 20 heavy (non-hydrogen) atoms. The van der Waals surface area contributed by atoms with Crippen molar-refractivity contribution in [2.24, 2.45) is 5.41 Å². The van der Waals surface area contributed by atoms with Crippen LogP contribution in [0.15, 0.2) is 6.07 Å². The summed E-state index contributed by atoms with van der Waals surface area (Å²) < 4.78 is 29.3. The number of rotatable bonds is 4. The number of hydrogen-bond donors (Lipinski definition) is 1. The Balaban J connectivity index is 3.40. The standard InChI is InChI=1S/C16H22F2O2/c1-9-7-10(2)12(4)13(11(9)3)16(17,18)8-15(5,6)14(19)20/h7H,8H2,1-6H3,(H,19,20). The Morgan fingerprint density at radius 1 is 1.10 bits per heavy atom. The summed E-state index contributed by atoms with van der Waals surface area (Å²) in [5, 5.41) is 9.07. The van der Waals surface area contributed by atoms with Crippen LogP contribution in [0, 0.1) is 33.1 Å². The zero-order chi connectivity index (χ0) is 15.9. The van der Waals surface area contributed by atoms with E-state index < -0.39 is 23.7 Å². The molecule has 0 aliphatic heterocycles. The number of carboxylic acid groups (broad SMARTS) is 1. The van der Waals surface area contributed by atoms with Gasteiger partial charge in [0.1, 0.15) is 0 Å². The Hall–Kier alpha value is -1.45. The Kier molecular flexibility index (Phi) is 4.28. The van der Waals surface area contributed by atoms with E-state index in [2.05, 4.69) is 0 Å². The van der Waals surface area contributed by atoms with E-state index in [1.807, 2.05) is 6.07 Å². The van der Waals surface area contributed by atoms with Gasteiger partial charge in [0.15, 0.2) is 0 Å². The predicted octanol–water partition coefficient (Wildman–Crippen LogP) is 4.51. The maximum atomic E-state index is 14.6. The van der Waals surface area contributed by atoms with Crippen molar-refractivity contribution in [1.29, 1.82) is 0 Å². The summed E-state index contributed by atoms with van der Waals surface area (Å²) in [5.41, 5.74) is 1.19. The van der Waals surface area contributed by atoms with Crippen LogP contribution in [0.4, 0.5) is 8.78 Å². The molecule has 0 aromatic heterocycles. The molecule has 0 bridgehead atoms. The SMILES string of the molecule is Cc1cc(C)c(C)c(C(F)(F)CC(C)(C)C(=O)O)c1C. The van der Waals surface area contributed by atoms with Crippen LogP contribution in [0.3, 0.4) is 0 Å². The van der Waals surface area contributed by atoms with Crippen molar-refractivity contribution in [3.63, 3.8) is 0 Å². The molecule has 0 radical (unpaired) electrons. The van der Waals surface area contributed by atoms with Crippen molar-refractivity contribution in [2.45, 2.75) is 53.9 Å². The number of halogens is 2. The van der Waals surface area contributed by atoms with Crippen LogP contribution in [0.1, 0.15) is 48.1 Å².